The molecule has 3 unspecified atom stereocenters. The van der Waals surface area contributed by atoms with Gasteiger partial charge in [-0.2, -0.15) is 0 Å². The Balaban J connectivity index is 1.95. The summed E-state index contributed by atoms with van der Waals surface area (Å²) in [7, 11) is 1.69. The van der Waals surface area contributed by atoms with E-state index in [0.717, 1.165) is 30.3 Å². The fourth-order valence-electron chi connectivity index (χ4n) is 3.96. The van der Waals surface area contributed by atoms with Crippen LogP contribution in [-0.2, 0) is 0 Å². The van der Waals surface area contributed by atoms with E-state index in [1.165, 1.54) is 12.8 Å². The van der Waals surface area contributed by atoms with Gasteiger partial charge in [-0.15, -0.1) is 0 Å². The summed E-state index contributed by atoms with van der Waals surface area (Å²) in [4.78, 5) is 6.84. The van der Waals surface area contributed by atoms with Crippen LogP contribution >= 0.6 is 0 Å². The number of anilines is 1. The van der Waals surface area contributed by atoms with Gasteiger partial charge in [0.2, 0.25) is 0 Å². The first-order valence-corrected chi connectivity index (χ1v) is 7.81. The lowest BCUT2D eigenvalue weighted by molar-refractivity contribution is 0.180. The van der Waals surface area contributed by atoms with Crippen molar-refractivity contribution in [2.24, 2.45) is 22.6 Å². The van der Waals surface area contributed by atoms with E-state index < -0.39 is 0 Å². The number of benzene rings is 1. The van der Waals surface area contributed by atoms with E-state index in [1.807, 2.05) is 12.1 Å². The van der Waals surface area contributed by atoms with Gasteiger partial charge in [-0.3, -0.25) is 4.99 Å². The van der Waals surface area contributed by atoms with E-state index in [2.05, 4.69) is 35.9 Å². The van der Waals surface area contributed by atoms with Crippen LogP contribution in [0.1, 0.15) is 33.1 Å². The zero-order chi connectivity index (χ0) is 15.0. The Morgan fingerprint density at radius 3 is 2.62 bits per heavy atom. The van der Waals surface area contributed by atoms with Crippen molar-refractivity contribution in [2.45, 2.75) is 38.6 Å². The molecule has 1 aliphatic heterocycles. The van der Waals surface area contributed by atoms with Crippen LogP contribution in [0, 0.1) is 11.8 Å². The summed E-state index contributed by atoms with van der Waals surface area (Å²) in [6.07, 6.45) is 3.65. The molecular weight excluding hydrogens is 262 g/mol. The molecule has 0 saturated heterocycles. The van der Waals surface area contributed by atoms with Gasteiger partial charge in [0.1, 0.15) is 5.75 Å². The Labute approximate surface area is 127 Å². The maximum absolute atomic E-state index is 6.23. The third kappa shape index (κ3) is 2.27. The van der Waals surface area contributed by atoms with Crippen molar-refractivity contribution >= 4 is 11.6 Å². The third-order valence-corrected chi connectivity index (χ3v) is 5.26. The Bertz CT molecular complexity index is 539. The topological polar surface area (TPSA) is 50.9 Å². The van der Waals surface area contributed by atoms with Crippen molar-refractivity contribution in [3.63, 3.8) is 0 Å². The van der Waals surface area contributed by atoms with Gasteiger partial charge >= 0.3 is 0 Å². The summed E-state index contributed by atoms with van der Waals surface area (Å²) in [5, 5.41) is 0. The molecule has 114 valence electrons. The minimum Gasteiger partial charge on any atom is -0.497 e. The maximum atomic E-state index is 6.23. The number of rotatable bonds is 2. The number of hydrogen-bond donors (Lipinski definition) is 1. The molecule has 1 saturated carbocycles. The molecule has 2 aliphatic rings. The van der Waals surface area contributed by atoms with Crippen LogP contribution in [0.15, 0.2) is 29.3 Å². The van der Waals surface area contributed by atoms with Gasteiger partial charge in [0.25, 0.3) is 0 Å². The quantitative estimate of drug-likeness (QED) is 0.909. The Morgan fingerprint density at radius 1 is 1.29 bits per heavy atom. The first-order chi connectivity index (χ1) is 10.1. The monoisotopic (exact) mass is 287 g/mol. The number of ether oxygens (including phenoxy) is 1. The predicted octanol–water partition coefficient (Wildman–Crippen LogP) is 3.02. The highest BCUT2D eigenvalue weighted by Gasteiger charge is 2.49. The number of aliphatic imine (C=N–C) groups is 1. The molecule has 0 radical (unpaired) electrons. The molecule has 4 nitrogen and oxygen atoms in total. The molecule has 1 fully saturated rings. The highest BCUT2D eigenvalue weighted by atomic mass is 16.5. The summed E-state index contributed by atoms with van der Waals surface area (Å²) in [5.74, 6) is 2.91. The molecule has 1 aliphatic carbocycles. The summed E-state index contributed by atoms with van der Waals surface area (Å²) >= 11 is 0. The number of nitrogens with two attached hydrogens (primary N) is 1. The standard InChI is InChI=1S/C17H25N3O/c1-12-8-9-17(13(2)10-12)11-19-16(18)20(17)14-4-6-15(21-3)7-5-14/h4-7,12-13H,8-11H2,1-3H3,(H2,18,19). The molecule has 4 heteroatoms. The number of hydrogen-bond acceptors (Lipinski definition) is 4. The van der Waals surface area contributed by atoms with Crippen LogP contribution in [0.4, 0.5) is 5.69 Å². The molecule has 3 rings (SSSR count). The van der Waals surface area contributed by atoms with Gasteiger partial charge < -0.3 is 15.4 Å². The molecule has 1 aromatic carbocycles. The lowest BCUT2D eigenvalue weighted by atomic mass is 9.69. The molecule has 0 bridgehead atoms. The van der Waals surface area contributed by atoms with Crippen molar-refractivity contribution in [3.05, 3.63) is 24.3 Å². The molecule has 1 heterocycles. The second-order valence-corrected chi connectivity index (χ2v) is 6.59. The van der Waals surface area contributed by atoms with Crippen LogP contribution < -0.4 is 15.4 Å². The lowest BCUT2D eigenvalue weighted by Crippen LogP contribution is -2.58. The van der Waals surface area contributed by atoms with Crippen molar-refractivity contribution in [2.75, 3.05) is 18.6 Å². The largest absolute Gasteiger partial charge is 0.497 e. The minimum absolute atomic E-state index is 0.0607. The lowest BCUT2D eigenvalue weighted by Gasteiger charge is -2.48. The van der Waals surface area contributed by atoms with Gasteiger partial charge in [0, 0.05) is 5.69 Å². The van der Waals surface area contributed by atoms with Crippen LogP contribution in [0.3, 0.4) is 0 Å². The molecular formula is C17H25N3O. The van der Waals surface area contributed by atoms with E-state index in [-0.39, 0.29) is 5.54 Å². The second-order valence-electron chi connectivity index (χ2n) is 6.59. The second kappa shape index (κ2) is 5.24. The molecule has 1 aromatic rings. The highest BCUT2D eigenvalue weighted by Crippen LogP contribution is 2.45. The van der Waals surface area contributed by atoms with Crippen molar-refractivity contribution in [1.82, 2.24) is 0 Å². The number of guanidine groups is 1. The fraction of sp³-hybridized carbons (Fsp3) is 0.588. The Kier molecular flexibility index (Phi) is 3.56. The summed E-state index contributed by atoms with van der Waals surface area (Å²) in [6.45, 7) is 5.51. The minimum atomic E-state index is 0.0607. The predicted molar refractivity (Wildman–Crippen MR) is 86.9 cm³/mol. The Morgan fingerprint density at radius 2 is 2.00 bits per heavy atom. The van der Waals surface area contributed by atoms with E-state index >= 15 is 0 Å². The van der Waals surface area contributed by atoms with Gasteiger partial charge in [-0.25, -0.2) is 0 Å². The van der Waals surface area contributed by atoms with Crippen molar-refractivity contribution in [3.8, 4) is 5.75 Å². The SMILES string of the molecule is COc1ccc(N2C(N)=NCC23CCC(C)CC3C)cc1. The Hall–Kier alpha value is -1.71. The van der Waals surface area contributed by atoms with Gasteiger partial charge in [-0.05, 0) is 55.4 Å². The first kappa shape index (κ1) is 14.2. The van der Waals surface area contributed by atoms with Crippen LogP contribution in [0.2, 0.25) is 0 Å². The zero-order valence-corrected chi connectivity index (χ0v) is 13.2. The van der Waals surface area contributed by atoms with E-state index in [4.69, 9.17) is 10.5 Å². The molecule has 3 atom stereocenters. The number of methoxy groups -OCH3 is 1. The average molecular weight is 287 g/mol. The zero-order valence-electron chi connectivity index (χ0n) is 13.2. The molecule has 2 N–H and O–H groups in total. The summed E-state index contributed by atoms with van der Waals surface area (Å²) in [6, 6.07) is 8.15. The highest BCUT2D eigenvalue weighted by molar-refractivity contribution is 5.98. The van der Waals surface area contributed by atoms with Crippen molar-refractivity contribution in [1.29, 1.82) is 0 Å². The summed E-state index contributed by atoms with van der Waals surface area (Å²) in [5.41, 5.74) is 7.41. The summed E-state index contributed by atoms with van der Waals surface area (Å²) < 4.78 is 5.25. The smallest absolute Gasteiger partial charge is 0.196 e. The normalized spacial score (nSPS) is 32.3. The van der Waals surface area contributed by atoms with E-state index in [1.54, 1.807) is 7.11 Å². The average Bonchev–Trinajstić information content (AvgIpc) is 2.82. The molecule has 0 aromatic heterocycles. The van der Waals surface area contributed by atoms with Gasteiger partial charge in [-0.1, -0.05) is 13.8 Å². The fourth-order valence-corrected chi connectivity index (χ4v) is 3.96. The van der Waals surface area contributed by atoms with Crippen molar-refractivity contribution < 1.29 is 4.74 Å². The molecule has 21 heavy (non-hydrogen) atoms. The molecule has 1 spiro atoms. The maximum Gasteiger partial charge on any atom is 0.196 e. The molecule has 0 amide bonds. The van der Waals surface area contributed by atoms with Crippen LogP contribution in [0.25, 0.3) is 0 Å². The van der Waals surface area contributed by atoms with Crippen LogP contribution in [-0.4, -0.2) is 25.2 Å². The van der Waals surface area contributed by atoms with Gasteiger partial charge in [0.05, 0.1) is 19.2 Å². The van der Waals surface area contributed by atoms with Crippen LogP contribution in [0.5, 0.6) is 5.75 Å². The first-order valence-electron chi connectivity index (χ1n) is 7.81. The van der Waals surface area contributed by atoms with E-state index in [9.17, 15) is 0 Å². The van der Waals surface area contributed by atoms with E-state index in [0.29, 0.717) is 11.9 Å². The third-order valence-electron chi connectivity index (χ3n) is 5.26. The van der Waals surface area contributed by atoms with Gasteiger partial charge in [0.15, 0.2) is 5.96 Å². The number of nitrogens with zero attached hydrogens (tertiary/aromatic N) is 2.